The molecule has 2 aromatic heterocycles. The number of nitrogens with zero attached hydrogens (tertiary/aromatic N) is 4. The molecular weight excluding hydrogens is 430 g/mol. The number of ether oxygens (including phenoxy) is 1. The summed E-state index contributed by atoms with van der Waals surface area (Å²) < 4.78 is 8.24. The maximum Gasteiger partial charge on any atom is 0.236 e. The number of benzene rings is 1. The lowest BCUT2D eigenvalue weighted by molar-refractivity contribution is -0.113. The normalized spacial score (nSPS) is 10.6. The molecule has 0 atom stereocenters. The van der Waals surface area contributed by atoms with Crippen molar-refractivity contribution in [2.24, 2.45) is 0 Å². The van der Waals surface area contributed by atoms with Crippen molar-refractivity contribution in [1.82, 2.24) is 19.7 Å². The lowest BCUT2D eigenvalue weighted by atomic mass is 10.2. The molecule has 3 rings (SSSR count). The highest BCUT2D eigenvalue weighted by molar-refractivity contribution is 9.10. The average molecular weight is 448 g/mol. The van der Waals surface area contributed by atoms with Gasteiger partial charge in [0, 0.05) is 17.2 Å². The van der Waals surface area contributed by atoms with E-state index >= 15 is 0 Å². The van der Waals surface area contributed by atoms with Crippen LogP contribution in [-0.4, -0.2) is 38.5 Å². The number of carbonyl (C=O) groups excluding carboxylic acids is 1. The lowest BCUT2D eigenvalue weighted by Gasteiger charge is -2.10. The Balaban J connectivity index is 1.71. The second-order valence-corrected chi connectivity index (χ2v) is 7.31. The van der Waals surface area contributed by atoms with Crippen LogP contribution in [0.25, 0.3) is 11.4 Å². The van der Waals surface area contributed by atoms with Gasteiger partial charge in [-0.2, -0.15) is 0 Å². The Kier molecular flexibility index (Phi) is 6.46. The molecular formula is C18H18BrN5O2S. The largest absolute Gasteiger partial charge is 0.496 e. The van der Waals surface area contributed by atoms with Crippen LogP contribution in [0.5, 0.6) is 5.75 Å². The Labute approximate surface area is 169 Å². The van der Waals surface area contributed by atoms with E-state index in [4.69, 9.17) is 4.74 Å². The summed E-state index contributed by atoms with van der Waals surface area (Å²) in [6.45, 7) is 2.69. The van der Waals surface area contributed by atoms with E-state index in [2.05, 4.69) is 36.4 Å². The number of hydrogen-bond donors (Lipinski definition) is 1. The summed E-state index contributed by atoms with van der Waals surface area (Å²) in [5.41, 5.74) is 0.865. The molecule has 2 heterocycles. The van der Waals surface area contributed by atoms with Crippen LogP contribution in [0.1, 0.15) is 6.92 Å². The minimum atomic E-state index is -0.153. The molecule has 140 valence electrons. The van der Waals surface area contributed by atoms with Crippen molar-refractivity contribution >= 4 is 39.4 Å². The molecule has 0 aliphatic rings. The molecule has 0 saturated carbocycles. The highest BCUT2D eigenvalue weighted by Gasteiger charge is 2.17. The van der Waals surface area contributed by atoms with Crippen molar-refractivity contribution in [2.45, 2.75) is 18.6 Å². The molecule has 9 heteroatoms. The third-order valence-corrected chi connectivity index (χ3v) is 5.14. The number of methoxy groups -OCH3 is 1. The Morgan fingerprint density at radius 3 is 2.78 bits per heavy atom. The van der Waals surface area contributed by atoms with Gasteiger partial charge in [0.15, 0.2) is 11.0 Å². The van der Waals surface area contributed by atoms with E-state index in [0.717, 1.165) is 15.8 Å². The molecule has 0 fully saturated rings. The summed E-state index contributed by atoms with van der Waals surface area (Å²) >= 11 is 4.64. The van der Waals surface area contributed by atoms with Gasteiger partial charge >= 0.3 is 0 Å². The number of para-hydroxylation sites is 1. The Hall–Kier alpha value is -2.39. The van der Waals surface area contributed by atoms with E-state index < -0.39 is 0 Å². The van der Waals surface area contributed by atoms with Gasteiger partial charge in [-0.05, 0) is 47.1 Å². The van der Waals surface area contributed by atoms with Crippen molar-refractivity contribution in [2.75, 3.05) is 18.2 Å². The van der Waals surface area contributed by atoms with Crippen LogP contribution >= 0.6 is 27.7 Å². The molecule has 0 spiro atoms. The van der Waals surface area contributed by atoms with E-state index in [-0.39, 0.29) is 11.7 Å². The van der Waals surface area contributed by atoms with Gasteiger partial charge in [-0.25, -0.2) is 4.98 Å². The van der Waals surface area contributed by atoms with Gasteiger partial charge in [0.25, 0.3) is 0 Å². The first-order chi connectivity index (χ1) is 13.1. The molecule has 7 nitrogen and oxygen atoms in total. The van der Waals surface area contributed by atoms with Crippen molar-refractivity contribution in [3.63, 3.8) is 0 Å². The number of rotatable bonds is 7. The zero-order chi connectivity index (χ0) is 19.2. The summed E-state index contributed by atoms with van der Waals surface area (Å²) in [7, 11) is 1.63. The number of hydrogen-bond acceptors (Lipinski definition) is 6. The fourth-order valence-corrected chi connectivity index (χ4v) is 3.50. The number of thioether (sulfide) groups is 1. The van der Waals surface area contributed by atoms with Crippen LogP contribution in [0.4, 0.5) is 5.82 Å². The first kappa shape index (κ1) is 19.4. The molecule has 0 bridgehead atoms. The quantitative estimate of drug-likeness (QED) is 0.553. The summed E-state index contributed by atoms with van der Waals surface area (Å²) in [6, 6.07) is 11.2. The minimum Gasteiger partial charge on any atom is -0.496 e. The SMILES string of the molecule is CCn1c(SCC(=O)Nc2ccc(Br)cn2)nnc1-c1ccccc1OC. The highest BCUT2D eigenvalue weighted by atomic mass is 79.9. The Bertz CT molecular complexity index is 930. The topological polar surface area (TPSA) is 81.9 Å². The van der Waals surface area contributed by atoms with Crippen LogP contribution in [0, 0.1) is 0 Å². The Morgan fingerprint density at radius 2 is 2.07 bits per heavy atom. The monoisotopic (exact) mass is 447 g/mol. The number of aromatic nitrogens is 4. The Morgan fingerprint density at radius 1 is 1.26 bits per heavy atom. The van der Waals surface area contributed by atoms with Gasteiger partial charge in [-0.3, -0.25) is 4.79 Å². The van der Waals surface area contributed by atoms with Crippen LogP contribution in [0.3, 0.4) is 0 Å². The lowest BCUT2D eigenvalue weighted by Crippen LogP contribution is -2.15. The fourth-order valence-electron chi connectivity index (χ4n) is 2.47. The fraction of sp³-hybridized carbons (Fsp3) is 0.222. The standard InChI is InChI=1S/C18H18BrN5O2S/c1-3-24-17(13-6-4-5-7-14(13)26-2)22-23-18(24)27-11-16(25)21-15-9-8-12(19)10-20-15/h4-10H,3,11H2,1-2H3,(H,20,21,25). The second-order valence-electron chi connectivity index (χ2n) is 5.45. The molecule has 3 aromatic rings. The van der Waals surface area contributed by atoms with E-state index in [1.165, 1.54) is 11.8 Å². The first-order valence-electron chi connectivity index (χ1n) is 8.23. The molecule has 1 amide bonds. The molecule has 0 aliphatic heterocycles. The zero-order valence-electron chi connectivity index (χ0n) is 14.8. The maximum absolute atomic E-state index is 12.2. The average Bonchev–Trinajstić information content (AvgIpc) is 3.10. The molecule has 0 radical (unpaired) electrons. The van der Waals surface area contributed by atoms with Crippen molar-refractivity contribution in [3.05, 3.63) is 47.1 Å². The van der Waals surface area contributed by atoms with Gasteiger partial charge in [0.2, 0.25) is 5.91 Å². The predicted molar refractivity (Wildman–Crippen MR) is 109 cm³/mol. The minimum absolute atomic E-state index is 0.153. The summed E-state index contributed by atoms with van der Waals surface area (Å²) in [6.07, 6.45) is 1.63. The molecule has 0 aliphatic carbocycles. The zero-order valence-corrected chi connectivity index (χ0v) is 17.2. The van der Waals surface area contributed by atoms with Crippen molar-refractivity contribution in [1.29, 1.82) is 0 Å². The van der Waals surface area contributed by atoms with Crippen LogP contribution in [0.2, 0.25) is 0 Å². The smallest absolute Gasteiger partial charge is 0.236 e. The number of halogens is 1. The van der Waals surface area contributed by atoms with Gasteiger partial charge < -0.3 is 14.6 Å². The van der Waals surface area contributed by atoms with Crippen molar-refractivity contribution in [3.8, 4) is 17.1 Å². The van der Waals surface area contributed by atoms with Gasteiger partial charge in [-0.1, -0.05) is 23.9 Å². The molecule has 27 heavy (non-hydrogen) atoms. The molecule has 1 N–H and O–H groups in total. The van der Waals surface area contributed by atoms with E-state index in [1.807, 2.05) is 41.8 Å². The summed E-state index contributed by atoms with van der Waals surface area (Å²) in [5.74, 6) is 2.01. The number of anilines is 1. The van der Waals surface area contributed by atoms with Crippen LogP contribution in [-0.2, 0) is 11.3 Å². The highest BCUT2D eigenvalue weighted by Crippen LogP contribution is 2.30. The van der Waals surface area contributed by atoms with Crippen LogP contribution < -0.4 is 10.1 Å². The molecule has 0 saturated heterocycles. The van der Waals surface area contributed by atoms with E-state index in [1.54, 1.807) is 19.4 Å². The second kappa shape index (κ2) is 9.01. The molecule has 1 aromatic carbocycles. The third kappa shape index (κ3) is 4.67. The van der Waals surface area contributed by atoms with Crippen LogP contribution in [0.15, 0.2) is 52.2 Å². The third-order valence-electron chi connectivity index (χ3n) is 3.71. The van der Waals surface area contributed by atoms with E-state index in [0.29, 0.717) is 23.3 Å². The van der Waals surface area contributed by atoms with Gasteiger partial charge in [0.1, 0.15) is 11.6 Å². The van der Waals surface area contributed by atoms with Gasteiger partial charge in [0.05, 0.1) is 18.4 Å². The van der Waals surface area contributed by atoms with E-state index in [9.17, 15) is 4.79 Å². The number of pyridine rings is 1. The first-order valence-corrected chi connectivity index (χ1v) is 10.0. The number of carbonyl (C=O) groups is 1. The van der Waals surface area contributed by atoms with Gasteiger partial charge in [-0.15, -0.1) is 10.2 Å². The number of nitrogens with one attached hydrogen (secondary N) is 1. The maximum atomic E-state index is 12.2. The summed E-state index contributed by atoms with van der Waals surface area (Å²) in [5, 5.41) is 12.0. The van der Waals surface area contributed by atoms with Crippen molar-refractivity contribution < 1.29 is 9.53 Å². The number of amides is 1. The summed E-state index contributed by atoms with van der Waals surface area (Å²) in [4.78, 5) is 16.3. The molecule has 0 unspecified atom stereocenters. The predicted octanol–water partition coefficient (Wildman–Crippen LogP) is 3.86.